The Hall–Kier alpha value is -0.0900. The summed E-state index contributed by atoms with van der Waals surface area (Å²) in [5.74, 6) is 1.05. The van der Waals surface area contributed by atoms with Crippen molar-refractivity contribution in [2.24, 2.45) is 5.92 Å². The lowest BCUT2D eigenvalue weighted by atomic mass is 10.0. The van der Waals surface area contributed by atoms with Crippen molar-refractivity contribution in [2.75, 3.05) is 18.1 Å². The maximum Gasteiger partial charge on any atom is 0.151 e. The highest BCUT2D eigenvalue weighted by Gasteiger charge is 2.22. The van der Waals surface area contributed by atoms with Crippen LogP contribution in [0.3, 0.4) is 0 Å². The van der Waals surface area contributed by atoms with Crippen molar-refractivity contribution in [3.63, 3.8) is 0 Å². The third-order valence-electron chi connectivity index (χ3n) is 3.29. The van der Waals surface area contributed by atoms with Crippen molar-refractivity contribution < 1.29 is 8.42 Å². The molecule has 0 aliphatic heterocycles. The van der Waals surface area contributed by atoms with Crippen LogP contribution >= 0.6 is 0 Å². The molecule has 4 heteroatoms. The quantitative estimate of drug-likeness (QED) is 0.616. The van der Waals surface area contributed by atoms with Gasteiger partial charge in [0.05, 0.1) is 11.5 Å². The van der Waals surface area contributed by atoms with Crippen molar-refractivity contribution in [1.82, 2.24) is 5.32 Å². The van der Waals surface area contributed by atoms with Gasteiger partial charge in [-0.3, -0.25) is 0 Å². The van der Waals surface area contributed by atoms with E-state index >= 15 is 0 Å². The Morgan fingerprint density at radius 1 is 1.12 bits per heavy atom. The molecule has 0 aromatic heterocycles. The maximum atomic E-state index is 12.0. The predicted octanol–water partition coefficient (Wildman–Crippen LogP) is 2.62. The average molecular weight is 263 g/mol. The lowest BCUT2D eigenvalue weighted by molar-refractivity contribution is 0.397. The van der Waals surface area contributed by atoms with E-state index < -0.39 is 9.84 Å². The van der Waals surface area contributed by atoms with Crippen molar-refractivity contribution in [2.45, 2.75) is 59.4 Å². The number of nitrogens with one attached hydrogen (secondary N) is 1. The first-order chi connectivity index (χ1) is 7.96. The van der Waals surface area contributed by atoms with Crippen LogP contribution in [0.1, 0.15) is 53.4 Å². The Morgan fingerprint density at radius 2 is 1.76 bits per heavy atom. The third kappa shape index (κ3) is 7.77. The van der Waals surface area contributed by atoms with Crippen LogP contribution in [0.2, 0.25) is 0 Å². The lowest BCUT2D eigenvalue weighted by Gasteiger charge is -2.23. The Morgan fingerprint density at radius 3 is 2.24 bits per heavy atom. The van der Waals surface area contributed by atoms with E-state index in [4.69, 9.17) is 0 Å². The van der Waals surface area contributed by atoms with E-state index in [2.05, 4.69) is 26.1 Å². The molecule has 2 atom stereocenters. The van der Waals surface area contributed by atoms with E-state index in [9.17, 15) is 8.42 Å². The summed E-state index contributed by atoms with van der Waals surface area (Å²) in [6.45, 7) is 9.18. The Bertz CT molecular complexity index is 275. The van der Waals surface area contributed by atoms with E-state index in [1.165, 1.54) is 0 Å². The molecule has 0 spiro atoms. The van der Waals surface area contributed by atoms with Gasteiger partial charge in [0.2, 0.25) is 0 Å². The zero-order valence-electron chi connectivity index (χ0n) is 11.8. The lowest BCUT2D eigenvalue weighted by Crippen LogP contribution is -2.41. The summed E-state index contributed by atoms with van der Waals surface area (Å²) in [5, 5.41) is 3.30. The van der Waals surface area contributed by atoms with Gasteiger partial charge in [-0.15, -0.1) is 0 Å². The molecule has 0 bridgehead atoms. The van der Waals surface area contributed by atoms with Gasteiger partial charge < -0.3 is 5.32 Å². The summed E-state index contributed by atoms with van der Waals surface area (Å²) in [5.41, 5.74) is 0. The number of hydrogen-bond donors (Lipinski definition) is 1. The normalized spacial score (nSPS) is 15.8. The van der Waals surface area contributed by atoms with Crippen LogP contribution in [-0.4, -0.2) is 32.5 Å². The van der Waals surface area contributed by atoms with Gasteiger partial charge in [0.25, 0.3) is 0 Å². The second kappa shape index (κ2) is 8.92. The standard InChI is InChI=1S/C13H29NO2S/c1-5-8-9-10-17(15,16)11-13(14-7-3)12(4)6-2/h12-14H,5-11H2,1-4H3. The molecule has 0 aliphatic carbocycles. The average Bonchev–Trinajstić information content (AvgIpc) is 2.27. The summed E-state index contributed by atoms with van der Waals surface area (Å²) >= 11 is 0. The largest absolute Gasteiger partial charge is 0.313 e. The highest BCUT2D eigenvalue weighted by molar-refractivity contribution is 7.91. The first-order valence-corrected chi connectivity index (χ1v) is 8.72. The molecule has 3 nitrogen and oxygen atoms in total. The van der Waals surface area contributed by atoms with E-state index in [0.717, 1.165) is 32.2 Å². The zero-order valence-corrected chi connectivity index (χ0v) is 12.6. The van der Waals surface area contributed by atoms with Gasteiger partial charge in [-0.2, -0.15) is 0 Å². The number of unbranched alkanes of at least 4 members (excludes halogenated alkanes) is 2. The molecule has 0 heterocycles. The van der Waals surface area contributed by atoms with Gasteiger partial charge in [0.1, 0.15) is 0 Å². The van der Waals surface area contributed by atoms with E-state index in [0.29, 0.717) is 17.4 Å². The summed E-state index contributed by atoms with van der Waals surface area (Å²) in [7, 11) is -2.89. The van der Waals surface area contributed by atoms with Crippen molar-refractivity contribution >= 4 is 9.84 Å². The topological polar surface area (TPSA) is 46.2 Å². The van der Waals surface area contributed by atoms with Crippen molar-refractivity contribution in [1.29, 1.82) is 0 Å². The molecule has 0 aromatic rings. The molecule has 2 unspecified atom stereocenters. The van der Waals surface area contributed by atoms with Crippen LogP contribution in [-0.2, 0) is 9.84 Å². The molecule has 0 saturated carbocycles. The van der Waals surface area contributed by atoms with Gasteiger partial charge in [0, 0.05) is 6.04 Å². The molecule has 17 heavy (non-hydrogen) atoms. The molecule has 0 aliphatic rings. The minimum Gasteiger partial charge on any atom is -0.313 e. The first kappa shape index (κ1) is 16.9. The van der Waals surface area contributed by atoms with Gasteiger partial charge in [0.15, 0.2) is 9.84 Å². The first-order valence-electron chi connectivity index (χ1n) is 6.90. The Balaban J connectivity index is 4.31. The van der Waals surface area contributed by atoms with Gasteiger partial charge in [-0.25, -0.2) is 8.42 Å². The smallest absolute Gasteiger partial charge is 0.151 e. The van der Waals surface area contributed by atoms with E-state index in [1.807, 2.05) is 6.92 Å². The fourth-order valence-corrected chi connectivity index (χ4v) is 3.70. The molecule has 0 aromatic carbocycles. The predicted molar refractivity (Wildman–Crippen MR) is 75.1 cm³/mol. The fourth-order valence-electron chi connectivity index (χ4n) is 1.90. The van der Waals surface area contributed by atoms with E-state index in [-0.39, 0.29) is 6.04 Å². The van der Waals surface area contributed by atoms with Crippen molar-refractivity contribution in [3.05, 3.63) is 0 Å². The summed E-state index contributed by atoms with van der Waals surface area (Å²) in [6, 6.07) is 0.108. The van der Waals surface area contributed by atoms with Crippen LogP contribution in [0.5, 0.6) is 0 Å². The van der Waals surface area contributed by atoms with Crippen LogP contribution in [0.4, 0.5) is 0 Å². The highest BCUT2D eigenvalue weighted by Crippen LogP contribution is 2.11. The van der Waals surface area contributed by atoms with Crippen LogP contribution in [0, 0.1) is 5.92 Å². The molecule has 1 N–H and O–H groups in total. The summed E-state index contributed by atoms with van der Waals surface area (Å²) in [6.07, 6.45) is 3.90. The Labute approximate surface area is 107 Å². The molecular formula is C13H29NO2S. The number of rotatable bonds is 10. The van der Waals surface area contributed by atoms with Crippen LogP contribution in [0.25, 0.3) is 0 Å². The second-order valence-corrected chi connectivity index (χ2v) is 7.10. The number of hydrogen-bond acceptors (Lipinski definition) is 3. The summed E-state index contributed by atoms with van der Waals surface area (Å²) < 4.78 is 23.9. The minimum atomic E-state index is -2.89. The molecule has 0 rings (SSSR count). The fraction of sp³-hybridized carbons (Fsp3) is 1.00. The van der Waals surface area contributed by atoms with Gasteiger partial charge in [-0.05, 0) is 18.9 Å². The highest BCUT2D eigenvalue weighted by atomic mass is 32.2. The minimum absolute atomic E-state index is 0.108. The van der Waals surface area contributed by atoms with Crippen molar-refractivity contribution in [3.8, 4) is 0 Å². The van der Waals surface area contributed by atoms with Crippen LogP contribution in [0.15, 0.2) is 0 Å². The second-order valence-electron chi connectivity index (χ2n) is 4.87. The summed E-state index contributed by atoms with van der Waals surface area (Å²) in [4.78, 5) is 0. The molecule has 0 amide bonds. The third-order valence-corrected chi connectivity index (χ3v) is 5.07. The molecule has 0 radical (unpaired) electrons. The SMILES string of the molecule is CCCCCS(=O)(=O)CC(NCC)C(C)CC. The zero-order chi connectivity index (χ0) is 13.3. The Kier molecular flexibility index (Phi) is 8.88. The van der Waals surface area contributed by atoms with Crippen LogP contribution < -0.4 is 5.32 Å². The van der Waals surface area contributed by atoms with Gasteiger partial charge >= 0.3 is 0 Å². The molecule has 0 fully saturated rings. The molecule has 0 saturated heterocycles. The maximum absolute atomic E-state index is 12.0. The van der Waals surface area contributed by atoms with E-state index in [1.54, 1.807) is 0 Å². The monoisotopic (exact) mass is 263 g/mol. The van der Waals surface area contributed by atoms with Gasteiger partial charge in [-0.1, -0.05) is 47.0 Å². The number of sulfone groups is 1. The molecule has 104 valence electrons. The molecular weight excluding hydrogens is 234 g/mol.